The topological polar surface area (TPSA) is 64.1 Å². The number of amides is 1. The van der Waals surface area contributed by atoms with Crippen LogP contribution in [0.5, 0.6) is 5.75 Å². The molecule has 28 heavy (non-hydrogen) atoms. The monoisotopic (exact) mass is 405 g/mol. The zero-order chi connectivity index (χ0) is 19.3. The number of halogens is 2. The molecule has 1 aromatic carbocycles. The summed E-state index contributed by atoms with van der Waals surface area (Å²) in [6.45, 7) is -2.99. The van der Waals surface area contributed by atoms with Crippen LogP contribution >= 0.6 is 11.3 Å². The molecular formula is C20H21F2N3O2S. The number of anilines is 1. The summed E-state index contributed by atoms with van der Waals surface area (Å²) in [4.78, 5) is 12.6. The van der Waals surface area contributed by atoms with Crippen LogP contribution < -0.4 is 10.1 Å². The lowest BCUT2D eigenvalue weighted by atomic mass is 9.50. The van der Waals surface area contributed by atoms with Crippen molar-refractivity contribution in [2.75, 3.05) is 5.32 Å². The zero-order valence-electron chi connectivity index (χ0n) is 15.2. The molecule has 1 N–H and O–H groups in total. The normalized spacial score (nSPS) is 30.6. The summed E-state index contributed by atoms with van der Waals surface area (Å²) >= 11 is 1.42. The van der Waals surface area contributed by atoms with Gasteiger partial charge in [0.15, 0.2) is 0 Å². The second-order valence-corrected chi connectivity index (χ2v) is 9.42. The van der Waals surface area contributed by atoms with Gasteiger partial charge in [0.1, 0.15) is 10.8 Å². The highest BCUT2D eigenvalue weighted by molar-refractivity contribution is 7.15. The fraction of sp³-hybridized carbons (Fsp3) is 0.550. The predicted octanol–water partition coefficient (Wildman–Crippen LogP) is 4.86. The number of alkyl halides is 2. The summed E-state index contributed by atoms with van der Waals surface area (Å²) in [6, 6.07) is 5.95. The third kappa shape index (κ3) is 3.17. The maximum absolute atomic E-state index is 12.6. The molecule has 148 valence electrons. The van der Waals surface area contributed by atoms with Crippen LogP contribution in [0, 0.1) is 17.8 Å². The lowest BCUT2D eigenvalue weighted by Gasteiger charge is -2.55. The molecule has 6 rings (SSSR count). The number of ether oxygens (including phenoxy) is 1. The van der Waals surface area contributed by atoms with E-state index in [1.165, 1.54) is 62.0 Å². The Kier molecular flexibility index (Phi) is 4.34. The van der Waals surface area contributed by atoms with Crippen LogP contribution in [-0.2, 0) is 5.41 Å². The van der Waals surface area contributed by atoms with E-state index in [1.54, 1.807) is 12.1 Å². The van der Waals surface area contributed by atoms with E-state index in [2.05, 4.69) is 20.3 Å². The van der Waals surface area contributed by atoms with Gasteiger partial charge < -0.3 is 4.74 Å². The maximum Gasteiger partial charge on any atom is 0.387 e. The Morgan fingerprint density at radius 1 is 1.11 bits per heavy atom. The molecule has 0 aliphatic heterocycles. The fourth-order valence-electron chi connectivity index (χ4n) is 5.88. The number of hydrogen-bond acceptors (Lipinski definition) is 5. The summed E-state index contributed by atoms with van der Waals surface area (Å²) in [5.41, 5.74) is 0.167. The van der Waals surface area contributed by atoms with Gasteiger partial charge in [0.2, 0.25) is 5.13 Å². The van der Waals surface area contributed by atoms with Gasteiger partial charge in [-0.15, -0.1) is 10.2 Å². The van der Waals surface area contributed by atoms with Gasteiger partial charge in [0.25, 0.3) is 5.91 Å². The number of aromatic nitrogens is 2. The Balaban J connectivity index is 1.35. The molecule has 4 fully saturated rings. The van der Waals surface area contributed by atoms with E-state index < -0.39 is 12.5 Å². The number of para-hydroxylation sites is 1. The van der Waals surface area contributed by atoms with Crippen LogP contribution in [0.15, 0.2) is 24.3 Å². The fourth-order valence-corrected chi connectivity index (χ4v) is 6.83. The summed E-state index contributed by atoms with van der Waals surface area (Å²) in [5.74, 6) is 1.72. The lowest BCUT2D eigenvalue weighted by Crippen LogP contribution is -2.48. The van der Waals surface area contributed by atoms with Gasteiger partial charge in [-0.05, 0) is 68.4 Å². The quantitative estimate of drug-likeness (QED) is 0.772. The molecule has 4 aliphatic carbocycles. The second-order valence-electron chi connectivity index (χ2n) is 8.44. The molecule has 1 heterocycles. The summed E-state index contributed by atoms with van der Waals surface area (Å²) in [5, 5.41) is 12.7. The minimum absolute atomic E-state index is 0.0503. The maximum atomic E-state index is 12.6. The number of hydrogen-bond donors (Lipinski definition) is 1. The molecule has 5 nitrogen and oxygen atoms in total. The van der Waals surface area contributed by atoms with Crippen LogP contribution in [-0.4, -0.2) is 22.7 Å². The van der Waals surface area contributed by atoms with E-state index in [-0.39, 0.29) is 16.7 Å². The van der Waals surface area contributed by atoms with Crippen molar-refractivity contribution in [2.24, 2.45) is 17.8 Å². The summed E-state index contributed by atoms with van der Waals surface area (Å²) in [7, 11) is 0. The van der Waals surface area contributed by atoms with Crippen LogP contribution in [0.4, 0.5) is 13.9 Å². The van der Waals surface area contributed by atoms with Gasteiger partial charge in [-0.25, -0.2) is 0 Å². The number of rotatable bonds is 5. The number of carbonyl (C=O) groups excluding carboxylic acids is 1. The molecule has 1 aromatic heterocycles. The van der Waals surface area contributed by atoms with Gasteiger partial charge in [-0.3, -0.25) is 10.1 Å². The highest BCUT2D eigenvalue weighted by Gasteiger charge is 2.53. The number of nitrogens with one attached hydrogen (secondary N) is 1. The minimum atomic E-state index is -2.99. The van der Waals surface area contributed by atoms with Gasteiger partial charge >= 0.3 is 6.61 Å². The molecule has 4 aliphatic rings. The third-order valence-corrected chi connectivity index (χ3v) is 7.57. The first-order valence-corrected chi connectivity index (χ1v) is 10.5. The Hall–Kier alpha value is -2.09. The molecule has 0 atom stereocenters. The van der Waals surface area contributed by atoms with Crippen molar-refractivity contribution in [1.82, 2.24) is 10.2 Å². The van der Waals surface area contributed by atoms with Crippen molar-refractivity contribution in [3.63, 3.8) is 0 Å². The predicted molar refractivity (Wildman–Crippen MR) is 101 cm³/mol. The SMILES string of the molecule is O=C(Nc1nnc(C23CC4CC(CC(C4)C2)C3)s1)c1ccccc1OC(F)F. The Morgan fingerprint density at radius 2 is 1.75 bits per heavy atom. The Bertz CT molecular complexity index is 866. The van der Waals surface area contributed by atoms with Crippen molar-refractivity contribution in [1.29, 1.82) is 0 Å². The van der Waals surface area contributed by atoms with Gasteiger partial charge in [0.05, 0.1) is 5.56 Å². The highest BCUT2D eigenvalue weighted by Crippen LogP contribution is 2.61. The molecule has 4 saturated carbocycles. The second kappa shape index (κ2) is 6.76. The molecule has 0 saturated heterocycles. The van der Waals surface area contributed by atoms with E-state index in [4.69, 9.17) is 0 Å². The summed E-state index contributed by atoms with van der Waals surface area (Å²) < 4.78 is 29.6. The smallest absolute Gasteiger partial charge is 0.387 e. The molecule has 0 unspecified atom stereocenters. The molecule has 1 amide bonds. The van der Waals surface area contributed by atoms with Crippen LogP contribution in [0.25, 0.3) is 0 Å². The average Bonchev–Trinajstić information content (AvgIpc) is 3.10. The molecule has 2 aromatic rings. The molecule has 0 radical (unpaired) electrons. The van der Waals surface area contributed by atoms with Gasteiger partial charge in [-0.2, -0.15) is 8.78 Å². The molecule has 4 bridgehead atoms. The van der Waals surface area contributed by atoms with E-state index in [0.29, 0.717) is 5.13 Å². The largest absolute Gasteiger partial charge is 0.434 e. The van der Waals surface area contributed by atoms with Crippen molar-refractivity contribution in [2.45, 2.75) is 50.6 Å². The Morgan fingerprint density at radius 3 is 2.39 bits per heavy atom. The molecule has 0 spiro atoms. The van der Waals surface area contributed by atoms with Gasteiger partial charge in [-0.1, -0.05) is 23.5 Å². The van der Waals surface area contributed by atoms with Crippen molar-refractivity contribution >= 4 is 22.4 Å². The standard InChI is InChI=1S/C20H21F2N3O2S/c21-18(22)27-15-4-2-1-3-14(15)16(26)23-19-25-24-17(28-19)20-8-11-5-12(9-20)7-13(6-11)10-20/h1-4,11-13,18H,5-10H2,(H,23,25,26). The summed E-state index contributed by atoms with van der Waals surface area (Å²) in [6.07, 6.45) is 7.57. The van der Waals surface area contributed by atoms with E-state index >= 15 is 0 Å². The molecular weight excluding hydrogens is 384 g/mol. The van der Waals surface area contributed by atoms with Crippen molar-refractivity contribution < 1.29 is 18.3 Å². The van der Waals surface area contributed by atoms with Gasteiger partial charge in [0, 0.05) is 5.41 Å². The number of carbonyl (C=O) groups is 1. The highest BCUT2D eigenvalue weighted by atomic mass is 32.1. The first-order valence-electron chi connectivity index (χ1n) is 9.70. The molecule has 8 heteroatoms. The first-order chi connectivity index (χ1) is 13.5. The minimum Gasteiger partial charge on any atom is -0.434 e. The van der Waals surface area contributed by atoms with E-state index in [0.717, 1.165) is 22.8 Å². The number of benzene rings is 1. The third-order valence-electron chi connectivity index (χ3n) is 6.49. The van der Waals surface area contributed by atoms with Crippen LogP contribution in [0.2, 0.25) is 0 Å². The zero-order valence-corrected chi connectivity index (χ0v) is 16.1. The van der Waals surface area contributed by atoms with E-state index in [1.807, 2.05) is 0 Å². The average molecular weight is 405 g/mol. The first kappa shape index (κ1) is 18.0. The van der Waals surface area contributed by atoms with Crippen molar-refractivity contribution in [3.8, 4) is 5.75 Å². The van der Waals surface area contributed by atoms with E-state index in [9.17, 15) is 13.6 Å². The lowest BCUT2D eigenvalue weighted by molar-refractivity contribution is -0.0501. The van der Waals surface area contributed by atoms with Crippen LogP contribution in [0.3, 0.4) is 0 Å². The van der Waals surface area contributed by atoms with Crippen LogP contribution in [0.1, 0.15) is 53.9 Å². The number of nitrogens with zero attached hydrogens (tertiary/aromatic N) is 2. The van der Waals surface area contributed by atoms with Crippen molar-refractivity contribution in [3.05, 3.63) is 34.8 Å². The Labute approximate surface area is 165 Å².